The van der Waals surface area contributed by atoms with Crippen LogP contribution >= 0.6 is 0 Å². The number of hydrogen-bond acceptors (Lipinski definition) is 3. The molecule has 0 saturated carbocycles. The van der Waals surface area contributed by atoms with Gasteiger partial charge in [-0.05, 0) is 30.3 Å². The number of carbonyl (C=O) groups excluding carboxylic acids is 1. The molecule has 0 atom stereocenters. The molecule has 2 aromatic carbocycles. The second-order valence-corrected chi connectivity index (χ2v) is 5.27. The monoisotopic (exact) mass is 325 g/mol. The predicted octanol–water partition coefficient (Wildman–Crippen LogP) is 2.86. The molecule has 6 nitrogen and oxygen atoms in total. The Morgan fingerprint density at radius 2 is 2.04 bits per heavy atom. The van der Waals surface area contributed by atoms with Crippen LogP contribution in [0.2, 0.25) is 0 Å². The fourth-order valence-corrected chi connectivity index (χ4v) is 2.43. The van der Waals surface area contributed by atoms with Gasteiger partial charge in [0.25, 0.3) is 0 Å². The summed E-state index contributed by atoms with van der Waals surface area (Å²) in [6, 6.07) is 14.7. The van der Waals surface area contributed by atoms with Crippen LogP contribution in [0, 0.1) is 0 Å². The minimum Gasteiger partial charge on any atom is -0.491 e. The maximum Gasteiger partial charge on any atom is 0.319 e. The van der Waals surface area contributed by atoms with Crippen molar-refractivity contribution in [3.8, 4) is 5.75 Å². The van der Waals surface area contributed by atoms with E-state index in [2.05, 4.69) is 15.6 Å². The van der Waals surface area contributed by atoms with Crippen molar-refractivity contribution in [3.63, 3.8) is 0 Å². The van der Waals surface area contributed by atoms with E-state index >= 15 is 0 Å². The number of anilines is 1. The summed E-state index contributed by atoms with van der Waals surface area (Å²) in [5.41, 5.74) is 2.60. The third-order valence-corrected chi connectivity index (χ3v) is 3.57. The summed E-state index contributed by atoms with van der Waals surface area (Å²) in [6.45, 7) is 0.504. The van der Waals surface area contributed by atoms with E-state index in [0.29, 0.717) is 12.3 Å². The van der Waals surface area contributed by atoms with Gasteiger partial charge in [-0.2, -0.15) is 0 Å². The van der Waals surface area contributed by atoms with Crippen molar-refractivity contribution in [1.82, 2.24) is 10.3 Å². The number of carbonyl (C=O) groups is 1. The normalized spacial score (nSPS) is 10.5. The molecule has 0 fully saturated rings. The Labute approximate surface area is 139 Å². The lowest BCUT2D eigenvalue weighted by molar-refractivity contribution is 0.200. The molecule has 0 spiro atoms. The van der Waals surface area contributed by atoms with Crippen LogP contribution in [0.25, 0.3) is 10.9 Å². The minimum absolute atomic E-state index is 0.0517. The van der Waals surface area contributed by atoms with E-state index in [1.54, 1.807) is 0 Å². The molecular formula is C18H19N3O3. The average Bonchev–Trinajstić information content (AvgIpc) is 3.06. The van der Waals surface area contributed by atoms with Gasteiger partial charge in [-0.15, -0.1) is 0 Å². The van der Waals surface area contributed by atoms with Crippen molar-refractivity contribution in [2.75, 3.05) is 18.5 Å². The predicted molar refractivity (Wildman–Crippen MR) is 93.2 cm³/mol. The van der Waals surface area contributed by atoms with Crippen LogP contribution in [0.3, 0.4) is 0 Å². The summed E-state index contributed by atoms with van der Waals surface area (Å²) >= 11 is 0. The first-order chi connectivity index (χ1) is 11.8. The number of aliphatic hydroxyl groups excluding tert-OH is 1. The number of rotatable bonds is 6. The number of ether oxygens (including phenoxy) is 1. The lowest BCUT2D eigenvalue weighted by Gasteiger charge is -2.12. The largest absolute Gasteiger partial charge is 0.491 e. The summed E-state index contributed by atoms with van der Waals surface area (Å²) in [6.07, 6.45) is 1.86. The highest BCUT2D eigenvalue weighted by Crippen LogP contribution is 2.19. The first kappa shape index (κ1) is 15.9. The lowest BCUT2D eigenvalue weighted by atomic mass is 10.2. The number of aliphatic hydroxyl groups is 1. The maximum absolute atomic E-state index is 12.1. The van der Waals surface area contributed by atoms with E-state index in [9.17, 15) is 4.79 Å². The van der Waals surface area contributed by atoms with Gasteiger partial charge in [0.2, 0.25) is 0 Å². The molecule has 1 aromatic heterocycles. The standard InChI is InChI=1S/C18H19N3O3/c22-9-10-24-17-4-2-1-3-14(17)12-20-18(23)21-15-5-6-16-13(11-15)7-8-19-16/h1-8,11,19,22H,9-10,12H2,(H2,20,21,23). The molecule has 1 heterocycles. The molecule has 2 amide bonds. The summed E-state index contributed by atoms with van der Waals surface area (Å²) < 4.78 is 5.45. The Hall–Kier alpha value is -2.99. The van der Waals surface area contributed by atoms with Gasteiger partial charge in [0.15, 0.2) is 0 Å². The number of aromatic amines is 1. The summed E-state index contributed by atoms with van der Waals surface area (Å²) in [4.78, 5) is 15.2. The van der Waals surface area contributed by atoms with Gasteiger partial charge in [0, 0.05) is 34.9 Å². The lowest BCUT2D eigenvalue weighted by Crippen LogP contribution is -2.28. The van der Waals surface area contributed by atoms with Crippen LogP contribution in [0.5, 0.6) is 5.75 Å². The Balaban J connectivity index is 1.59. The second kappa shape index (κ2) is 7.52. The molecule has 24 heavy (non-hydrogen) atoms. The Bertz CT molecular complexity index is 829. The van der Waals surface area contributed by atoms with E-state index < -0.39 is 0 Å². The third kappa shape index (κ3) is 3.85. The summed E-state index contributed by atoms with van der Waals surface area (Å²) in [7, 11) is 0. The van der Waals surface area contributed by atoms with Crippen LogP contribution in [0.4, 0.5) is 10.5 Å². The second-order valence-electron chi connectivity index (χ2n) is 5.27. The van der Waals surface area contributed by atoms with Crippen molar-refractivity contribution in [3.05, 3.63) is 60.3 Å². The van der Waals surface area contributed by atoms with Gasteiger partial charge >= 0.3 is 6.03 Å². The Morgan fingerprint density at radius 3 is 2.92 bits per heavy atom. The highest BCUT2D eigenvalue weighted by molar-refractivity contribution is 5.92. The number of aromatic nitrogens is 1. The fourth-order valence-electron chi connectivity index (χ4n) is 2.43. The fraction of sp³-hybridized carbons (Fsp3) is 0.167. The van der Waals surface area contributed by atoms with Crippen molar-refractivity contribution in [1.29, 1.82) is 0 Å². The summed E-state index contributed by atoms with van der Waals surface area (Å²) in [5.74, 6) is 0.653. The number of para-hydroxylation sites is 1. The van der Waals surface area contributed by atoms with E-state index in [1.165, 1.54) is 0 Å². The molecular weight excluding hydrogens is 306 g/mol. The highest BCUT2D eigenvalue weighted by atomic mass is 16.5. The Kier molecular flexibility index (Phi) is 4.98. The zero-order valence-corrected chi connectivity index (χ0v) is 13.1. The number of amides is 2. The molecule has 6 heteroatoms. The zero-order valence-electron chi connectivity index (χ0n) is 13.1. The Morgan fingerprint density at radius 1 is 1.17 bits per heavy atom. The van der Waals surface area contributed by atoms with E-state index in [1.807, 2.05) is 54.7 Å². The molecule has 0 aliphatic carbocycles. The van der Waals surface area contributed by atoms with E-state index in [4.69, 9.17) is 9.84 Å². The van der Waals surface area contributed by atoms with Gasteiger partial charge in [0.1, 0.15) is 12.4 Å². The number of nitrogens with one attached hydrogen (secondary N) is 3. The van der Waals surface area contributed by atoms with Crippen molar-refractivity contribution in [2.45, 2.75) is 6.54 Å². The number of benzene rings is 2. The van der Waals surface area contributed by atoms with E-state index in [-0.39, 0.29) is 19.2 Å². The number of hydrogen-bond donors (Lipinski definition) is 4. The quantitative estimate of drug-likeness (QED) is 0.562. The van der Waals surface area contributed by atoms with Crippen LogP contribution in [0.1, 0.15) is 5.56 Å². The smallest absolute Gasteiger partial charge is 0.319 e. The SMILES string of the molecule is O=C(NCc1ccccc1OCCO)Nc1ccc2[nH]ccc2c1. The molecule has 0 radical (unpaired) electrons. The van der Waals surface area contributed by atoms with Crippen molar-refractivity contribution in [2.24, 2.45) is 0 Å². The van der Waals surface area contributed by atoms with Crippen LogP contribution in [-0.2, 0) is 6.54 Å². The highest BCUT2D eigenvalue weighted by Gasteiger charge is 2.06. The first-order valence-corrected chi connectivity index (χ1v) is 7.70. The van der Waals surface area contributed by atoms with Gasteiger partial charge in [-0.25, -0.2) is 4.79 Å². The molecule has 124 valence electrons. The molecule has 4 N–H and O–H groups in total. The third-order valence-electron chi connectivity index (χ3n) is 3.57. The minimum atomic E-state index is -0.290. The van der Waals surface area contributed by atoms with Crippen molar-refractivity contribution < 1.29 is 14.6 Å². The molecule has 0 saturated heterocycles. The zero-order chi connectivity index (χ0) is 16.8. The van der Waals surface area contributed by atoms with Crippen LogP contribution < -0.4 is 15.4 Å². The topological polar surface area (TPSA) is 86.4 Å². The van der Waals surface area contributed by atoms with Crippen LogP contribution in [0.15, 0.2) is 54.7 Å². The first-order valence-electron chi connectivity index (χ1n) is 7.70. The van der Waals surface area contributed by atoms with Gasteiger partial charge in [0.05, 0.1) is 6.61 Å². The number of H-pyrrole nitrogens is 1. The number of fused-ring (bicyclic) bond motifs is 1. The van der Waals surface area contributed by atoms with Gasteiger partial charge in [-0.3, -0.25) is 0 Å². The molecule has 0 aliphatic rings. The number of urea groups is 1. The molecule has 0 unspecified atom stereocenters. The van der Waals surface area contributed by atoms with Crippen molar-refractivity contribution >= 4 is 22.6 Å². The van der Waals surface area contributed by atoms with Crippen LogP contribution in [-0.4, -0.2) is 29.3 Å². The molecule has 0 aliphatic heterocycles. The summed E-state index contributed by atoms with van der Waals surface area (Å²) in [5, 5.41) is 15.5. The average molecular weight is 325 g/mol. The van der Waals surface area contributed by atoms with E-state index in [0.717, 1.165) is 22.2 Å². The molecule has 3 aromatic rings. The van der Waals surface area contributed by atoms with Gasteiger partial charge < -0.3 is 25.5 Å². The molecule has 0 bridgehead atoms. The van der Waals surface area contributed by atoms with Gasteiger partial charge in [-0.1, -0.05) is 18.2 Å². The maximum atomic E-state index is 12.1. The molecule has 3 rings (SSSR count).